The Labute approximate surface area is 161 Å². The Morgan fingerprint density at radius 3 is 2.65 bits per heavy atom. The molecule has 7 heteroatoms. The van der Waals surface area contributed by atoms with Crippen molar-refractivity contribution in [1.29, 1.82) is 0 Å². The summed E-state index contributed by atoms with van der Waals surface area (Å²) in [6.45, 7) is 2.42. The van der Waals surface area contributed by atoms with E-state index in [9.17, 15) is 4.79 Å². The van der Waals surface area contributed by atoms with Crippen LogP contribution in [0.5, 0.6) is 0 Å². The number of pyridine rings is 1. The van der Waals surface area contributed by atoms with Crippen LogP contribution in [0.25, 0.3) is 6.08 Å². The second-order valence-corrected chi connectivity index (χ2v) is 6.41. The zero-order valence-corrected chi connectivity index (χ0v) is 15.5. The van der Waals surface area contributed by atoms with Crippen molar-refractivity contribution in [2.45, 2.75) is 13.5 Å². The second kappa shape index (κ2) is 8.17. The molecule has 0 unspecified atom stereocenters. The van der Waals surface area contributed by atoms with Crippen molar-refractivity contribution in [3.8, 4) is 0 Å². The Hall–Kier alpha value is -2.63. The highest BCUT2D eigenvalue weighted by atomic mass is 35.5. The van der Waals surface area contributed by atoms with Crippen LogP contribution in [0.3, 0.4) is 0 Å². The van der Waals surface area contributed by atoms with Gasteiger partial charge in [-0.05, 0) is 30.7 Å². The number of amides is 1. The van der Waals surface area contributed by atoms with Gasteiger partial charge in [0.25, 0.3) is 0 Å². The predicted molar refractivity (Wildman–Crippen MR) is 104 cm³/mol. The minimum absolute atomic E-state index is 0.314. The lowest BCUT2D eigenvalue weighted by Gasteiger charge is -2.03. The molecule has 3 aromatic rings. The first-order valence-corrected chi connectivity index (χ1v) is 8.66. The molecule has 5 nitrogen and oxygen atoms in total. The lowest BCUT2D eigenvalue weighted by molar-refractivity contribution is -0.111. The van der Waals surface area contributed by atoms with Crippen molar-refractivity contribution in [3.63, 3.8) is 0 Å². The third-order valence-corrected chi connectivity index (χ3v) is 4.29. The molecular weight excluding hydrogens is 371 g/mol. The van der Waals surface area contributed by atoms with Crippen molar-refractivity contribution >= 4 is 41.0 Å². The van der Waals surface area contributed by atoms with E-state index in [1.807, 2.05) is 37.3 Å². The maximum atomic E-state index is 12.0. The van der Waals surface area contributed by atoms with Gasteiger partial charge in [0.15, 0.2) is 0 Å². The Kier molecular flexibility index (Phi) is 5.71. The number of halogens is 2. The van der Waals surface area contributed by atoms with Gasteiger partial charge in [-0.3, -0.25) is 4.79 Å². The highest BCUT2D eigenvalue weighted by Crippen LogP contribution is 2.22. The minimum Gasteiger partial charge on any atom is -0.307 e. The van der Waals surface area contributed by atoms with Gasteiger partial charge in [-0.25, -0.2) is 9.67 Å². The Morgan fingerprint density at radius 1 is 1.19 bits per heavy atom. The molecular formula is C19H16Cl2N4O. The fourth-order valence-electron chi connectivity index (χ4n) is 2.39. The van der Waals surface area contributed by atoms with E-state index >= 15 is 0 Å². The van der Waals surface area contributed by atoms with Crippen LogP contribution in [0.4, 0.5) is 5.82 Å². The molecule has 0 aliphatic heterocycles. The third kappa shape index (κ3) is 4.50. The van der Waals surface area contributed by atoms with E-state index in [1.165, 1.54) is 12.3 Å². The molecule has 2 heterocycles. The van der Waals surface area contributed by atoms with Crippen LogP contribution in [-0.2, 0) is 11.3 Å². The van der Waals surface area contributed by atoms with Crippen LogP contribution >= 0.6 is 23.2 Å². The average Bonchev–Trinajstić information content (AvgIpc) is 2.89. The number of hydrogen-bond acceptors (Lipinski definition) is 3. The van der Waals surface area contributed by atoms with E-state index in [0.717, 1.165) is 11.3 Å². The molecule has 3 rings (SSSR count). The highest BCUT2D eigenvalue weighted by molar-refractivity contribution is 6.31. The zero-order valence-electron chi connectivity index (χ0n) is 14.0. The minimum atomic E-state index is -0.314. The Morgan fingerprint density at radius 2 is 1.96 bits per heavy atom. The van der Waals surface area contributed by atoms with Crippen molar-refractivity contribution in [2.75, 3.05) is 5.32 Å². The molecule has 0 fully saturated rings. The van der Waals surface area contributed by atoms with Gasteiger partial charge in [-0.1, -0.05) is 53.5 Å². The molecule has 1 aromatic carbocycles. The monoisotopic (exact) mass is 386 g/mol. The summed E-state index contributed by atoms with van der Waals surface area (Å²) in [6.07, 6.45) is 4.52. The van der Waals surface area contributed by atoms with E-state index in [1.54, 1.807) is 22.9 Å². The largest absolute Gasteiger partial charge is 0.307 e. The van der Waals surface area contributed by atoms with Gasteiger partial charge in [0.1, 0.15) is 11.0 Å². The number of anilines is 1. The first-order chi connectivity index (χ1) is 12.5. The van der Waals surface area contributed by atoms with E-state index in [4.69, 9.17) is 23.2 Å². The molecule has 1 N–H and O–H groups in total. The molecule has 0 saturated carbocycles. The first kappa shape index (κ1) is 18.2. The number of aromatic nitrogens is 3. The fraction of sp³-hybridized carbons (Fsp3) is 0.105. The summed E-state index contributed by atoms with van der Waals surface area (Å²) < 4.78 is 1.71. The lowest BCUT2D eigenvalue weighted by Crippen LogP contribution is -2.08. The number of carbonyl (C=O) groups is 1. The molecule has 0 aliphatic rings. The second-order valence-electron chi connectivity index (χ2n) is 5.62. The van der Waals surface area contributed by atoms with E-state index in [2.05, 4.69) is 15.4 Å². The SMILES string of the molecule is Cc1nn(Cc2ccccc2)c(Cl)c1/C=C/C(=O)Nc1ccc(Cl)cn1. The standard InChI is InChI=1S/C19H16Cl2N4O/c1-13-16(8-10-18(26)23-17-9-7-15(20)11-22-17)19(21)25(24-13)12-14-5-3-2-4-6-14/h2-11H,12H2,1H3,(H,22,23,26)/b10-8+. The first-order valence-electron chi connectivity index (χ1n) is 7.90. The van der Waals surface area contributed by atoms with Crippen LogP contribution in [0.1, 0.15) is 16.8 Å². The predicted octanol–water partition coefficient (Wildman–Crippen LogP) is 4.59. The van der Waals surface area contributed by atoms with Gasteiger partial charge in [-0.15, -0.1) is 0 Å². The number of rotatable bonds is 5. The number of aryl methyl sites for hydroxylation is 1. The molecule has 132 valence electrons. The molecule has 0 spiro atoms. The Bertz CT molecular complexity index is 934. The third-order valence-electron chi connectivity index (χ3n) is 3.66. The van der Waals surface area contributed by atoms with Crippen LogP contribution in [-0.4, -0.2) is 20.7 Å². The summed E-state index contributed by atoms with van der Waals surface area (Å²) in [5, 5.41) is 8.10. The van der Waals surface area contributed by atoms with Gasteiger partial charge >= 0.3 is 0 Å². The number of nitrogens with one attached hydrogen (secondary N) is 1. The van der Waals surface area contributed by atoms with Gasteiger partial charge in [0.05, 0.1) is 17.3 Å². The maximum Gasteiger partial charge on any atom is 0.249 e. The van der Waals surface area contributed by atoms with Crippen molar-refractivity contribution in [3.05, 3.63) is 81.7 Å². The van der Waals surface area contributed by atoms with Crippen molar-refractivity contribution < 1.29 is 4.79 Å². The summed E-state index contributed by atoms with van der Waals surface area (Å²) in [6, 6.07) is 13.2. The molecule has 1 amide bonds. The summed E-state index contributed by atoms with van der Waals surface area (Å²) in [5.74, 6) is 0.109. The molecule has 2 aromatic heterocycles. The summed E-state index contributed by atoms with van der Waals surface area (Å²) >= 11 is 12.2. The molecule has 26 heavy (non-hydrogen) atoms. The fourth-order valence-corrected chi connectivity index (χ4v) is 2.80. The summed E-state index contributed by atoms with van der Waals surface area (Å²) in [7, 11) is 0. The van der Waals surface area contributed by atoms with Gasteiger partial charge < -0.3 is 5.32 Å². The average molecular weight is 387 g/mol. The quantitative estimate of drug-likeness (QED) is 0.652. The van der Waals surface area contributed by atoms with Crippen LogP contribution in [0.2, 0.25) is 10.2 Å². The number of carbonyl (C=O) groups excluding carboxylic acids is 1. The lowest BCUT2D eigenvalue weighted by atomic mass is 10.2. The van der Waals surface area contributed by atoms with Crippen LogP contribution in [0, 0.1) is 6.92 Å². The maximum absolute atomic E-state index is 12.0. The highest BCUT2D eigenvalue weighted by Gasteiger charge is 2.12. The normalized spacial score (nSPS) is 11.0. The van der Waals surface area contributed by atoms with Crippen molar-refractivity contribution in [1.82, 2.24) is 14.8 Å². The Balaban J connectivity index is 1.72. The van der Waals surface area contributed by atoms with Crippen LogP contribution in [0.15, 0.2) is 54.7 Å². The van der Waals surface area contributed by atoms with E-state index in [0.29, 0.717) is 28.1 Å². The number of benzene rings is 1. The molecule has 0 saturated heterocycles. The molecule has 0 radical (unpaired) electrons. The van der Waals surface area contributed by atoms with Gasteiger partial charge in [0.2, 0.25) is 5.91 Å². The van der Waals surface area contributed by atoms with E-state index in [-0.39, 0.29) is 5.91 Å². The number of nitrogens with zero attached hydrogens (tertiary/aromatic N) is 3. The zero-order chi connectivity index (χ0) is 18.5. The molecule has 0 atom stereocenters. The van der Waals surface area contributed by atoms with E-state index < -0.39 is 0 Å². The summed E-state index contributed by atoms with van der Waals surface area (Å²) in [4.78, 5) is 16.1. The molecule has 0 aliphatic carbocycles. The summed E-state index contributed by atoms with van der Waals surface area (Å²) in [5.41, 5.74) is 2.56. The van der Waals surface area contributed by atoms with Gasteiger partial charge in [-0.2, -0.15) is 5.10 Å². The van der Waals surface area contributed by atoms with Gasteiger partial charge in [0, 0.05) is 17.8 Å². The topological polar surface area (TPSA) is 59.8 Å². The molecule has 0 bridgehead atoms. The number of hydrogen-bond donors (Lipinski definition) is 1. The van der Waals surface area contributed by atoms with Crippen LogP contribution < -0.4 is 5.32 Å². The van der Waals surface area contributed by atoms with Crippen molar-refractivity contribution in [2.24, 2.45) is 0 Å². The smallest absolute Gasteiger partial charge is 0.249 e.